The lowest BCUT2D eigenvalue weighted by molar-refractivity contribution is -0.128. The lowest BCUT2D eigenvalue weighted by Crippen LogP contribution is -2.27. The number of rotatable bonds is 5. The molecular formula is C19H20N2O3S. The van der Waals surface area contributed by atoms with E-state index in [1.165, 1.54) is 6.92 Å². The number of nitrogens with zero attached hydrogens (tertiary/aromatic N) is 1. The molecule has 0 radical (unpaired) electrons. The van der Waals surface area contributed by atoms with E-state index < -0.39 is 0 Å². The Balaban J connectivity index is 1.75. The summed E-state index contributed by atoms with van der Waals surface area (Å²) >= 11 is 1.62. The Hall–Kier alpha value is -2.47. The van der Waals surface area contributed by atoms with E-state index in [2.05, 4.69) is 5.32 Å². The molecule has 6 heteroatoms. The minimum absolute atomic E-state index is 0.0130. The largest absolute Gasteiger partial charge is 0.497 e. The maximum atomic E-state index is 12.3. The summed E-state index contributed by atoms with van der Waals surface area (Å²) in [5, 5.41) is 2.74. The SMILES string of the molecule is COc1ccc(CN2C(=O)CSC2c2ccc(NC(C)=O)cc2)cc1. The minimum atomic E-state index is -0.0979. The van der Waals surface area contributed by atoms with Gasteiger partial charge in [-0.2, -0.15) is 0 Å². The van der Waals surface area contributed by atoms with Gasteiger partial charge in [-0.15, -0.1) is 11.8 Å². The van der Waals surface area contributed by atoms with E-state index in [1.807, 2.05) is 53.4 Å². The van der Waals surface area contributed by atoms with Crippen LogP contribution in [0.4, 0.5) is 5.69 Å². The molecule has 5 nitrogen and oxygen atoms in total. The Kier molecular flexibility index (Phi) is 5.28. The van der Waals surface area contributed by atoms with Crippen molar-refractivity contribution in [1.82, 2.24) is 4.90 Å². The highest BCUT2D eigenvalue weighted by molar-refractivity contribution is 8.00. The highest BCUT2D eigenvalue weighted by Gasteiger charge is 2.32. The van der Waals surface area contributed by atoms with Gasteiger partial charge >= 0.3 is 0 Å². The Labute approximate surface area is 151 Å². The fourth-order valence-electron chi connectivity index (χ4n) is 2.76. The molecule has 3 rings (SSSR count). The molecule has 1 atom stereocenters. The van der Waals surface area contributed by atoms with Crippen molar-refractivity contribution < 1.29 is 14.3 Å². The first-order valence-electron chi connectivity index (χ1n) is 7.98. The Morgan fingerprint density at radius 1 is 1.20 bits per heavy atom. The number of hydrogen-bond donors (Lipinski definition) is 1. The molecule has 0 bridgehead atoms. The molecule has 1 unspecified atom stereocenters. The van der Waals surface area contributed by atoms with Crippen molar-refractivity contribution in [3.05, 3.63) is 59.7 Å². The molecule has 2 amide bonds. The second-order valence-electron chi connectivity index (χ2n) is 5.84. The molecule has 25 heavy (non-hydrogen) atoms. The van der Waals surface area contributed by atoms with Crippen molar-refractivity contribution in [1.29, 1.82) is 0 Å². The summed E-state index contributed by atoms with van der Waals surface area (Å²) in [6.45, 7) is 2.05. The molecule has 1 fully saturated rings. The molecule has 1 aliphatic rings. The van der Waals surface area contributed by atoms with E-state index in [-0.39, 0.29) is 17.2 Å². The summed E-state index contributed by atoms with van der Waals surface area (Å²) in [4.78, 5) is 25.3. The maximum Gasteiger partial charge on any atom is 0.234 e. The predicted molar refractivity (Wildman–Crippen MR) is 99.5 cm³/mol. The lowest BCUT2D eigenvalue weighted by atomic mass is 10.1. The summed E-state index contributed by atoms with van der Waals surface area (Å²) in [5.41, 5.74) is 2.88. The van der Waals surface area contributed by atoms with Crippen LogP contribution in [0.25, 0.3) is 0 Å². The van der Waals surface area contributed by atoms with Crippen molar-refractivity contribution >= 4 is 29.3 Å². The van der Waals surface area contributed by atoms with Gasteiger partial charge in [-0.1, -0.05) is 24.3 Å². The summed E-state index contributed by atoms with van der Waals surface area (Å²) in [5.74, 6) is 1.32. The van der Waals surface area contributed by atoms with Crippen LogP contribution in [0.3, 0.4) is 0 Å². The molecule has 1 heterocycles. The molecule has 1 aliphatic heterocycles. The standard InChI is InChI=1S/C19H20N2O3S/c1-13(22)20-16-7-5-15(6-8-16)19-21(18(23)12-25-19)11-14-3-9-17(24-2)10-4-14/h3-10,19H,11-12H2,1-2H3,(H,20,22). The summed E-state index contributed by atoms with van der Waals surface area (Å²) < 4.78 is 5.17. The number of benzene rings is 2. The molecule has 1 saturated heterocycles. The van der Waals surface area contributed by atoms with Crippen LogP contribution in [-0.4, -0.2) is 29.6 Å². The normalized spacial score (nSPS) is 16.8. The van der Waals surface area contributed by atoms with Crippen molar-refractivity contribution in [2.24, 2.45) is 0 Å². The quantitative estimate of drug-likeness (QED) is 0.892. The van der Waals surface area contributed by atoms with E-state index in [4.69, 9.17) is 4.74 Å². The number of hydrogen-bond acceptors (Lipinski definition) is 4. The average Bonchev–Trinajstić information content (AvgIpc) is 2.96. The van der Waals surface area contributed by atoms with Crippen LogP contribution >= 0.6 is 11.8 Å². The first kappa shape index (κ1) is 17.4. The average molecular weight is 356 g/mol. The van der Waals surface area contributed by atoms with Crippen LogP contribution in [0.5, 0.6) is 5.75 Å². The Bertz CT molecular complexity index is 759. The van der Waals surface area contributed by atoms with Gasteiger partial charge in [0.05, 0.1) is 12.9 Å². The third-order valence-electron chi connectivity index (χ3n) is 4.00. The van der Waals surface area contributed by atoms with E-state index in [1.54, 1.807) is 18.9 Å². The number of amides is 2. The van der Waals surface area contributed by atoms with Gasteiger partial charge in [-0.05, 0) is 35.4 Å². The molecule has 0 aromatic heterocycles. The van der Waals surface area contributed by atoms with E-state index in [0.29, 0.717) is 12.3 Å². The summed E-state index contributed by atoms with van der Waals surface area (Å²) in [6, 6.07) is 15.4. The Morgan fingerprint density at radius 3 is 2.48 bits per heavy atom. The number of carbonyl (C=O) groups is 2. The smallest absolute Gasteiger partial charge is 0.234 e. The van der Waals surface area contributed by atoms with Gasteiger partial charge in [0, 0.05) is 19.2 Å². The third kappa shape index (κ3) is 4.14. The monoisotopic (exact) mass is 356 g/mol. The highest BCUT2D eigenvalue weighted by atomic mass is 32.2. The fraction of sp³-hybridized carbons (Fsp3) is 0.263. The van der Waals surface area contributed by atoms with Gasteiger partial charge in [-0.25, -0.2) is 0 Å². The van der Waals surface area contributed by atoms with Crippen molar-refractivity contribution in [3.8, 4) is 5.75 Å². The van der Waals surface area contributed by atoms with Crippen LogP contribution in [0, 0.1) is 0 Å². The zero-order chi connectivity index (χ0) is 17.8. The van der Waals surface area contributed by atoms with Crippen LogP contribution in [0.2, 0.25) is 0 Å². The number of nitrogens with one attached hydrogen (secondary N) is 1. The Morgan fingerprint density at radius 2 is 1.88 bits per heavy atom. The summed E-state index contributed by atoms with van der Waals surface area (Å²) in [6.07, 6.45) is 0. The second kappa shape index (κ2) is 7.61. The van der Waals surface area contributed by atoms with Crippen LogP contribution in [0.15, 0.2) is 48.5 Å². The number of carbonyl (C=O) groups excluding carboxylic acids is 2. The van der Waals surface area contributed by atoms with Crippen molar-refractivity contribution in [3.63, 3.8) is 0 Å². The van der Waals surface area contributed by atoms with Gasteiger partial charge in [0.15, 0.2) is 0 Å². The fourth-order valence-corrected chi connectivity index (χ4v) is 3.95. The zero-order valence-electron chi connectivity index (χ0n) is 14.2. The first-order chi connectivity index (χ1) is 12.1. The second-order valence-corrected chi connectivity index (χ2v) is 6.90. The highest BCUT2D eigenvalue weighted by Crippen LogP contribution is 2.39. The third-order valence-corrected chi connectivity index (χ3v) is 5.25. The molecule has 0 aliphatic carbocycles. The van der Waals surface area contributed by atoms with Crippen LogP contribution in [0.1, 0.15) is 23.4 Å². The van der Waals surface area contributed by atoms with Gasteiger partial charge in [-0.3, -0.25) is 9.59 Å². The number of thioether (sulfide) groups is 1. The molecule has 130 valence electrons. The molecule has 0 spiro atoms. The molecule has 1 N–H and O–H groups in total. The minimum Gasteiger partial charge on any atom is -0.497 e. The van der Waals surface area contributed by atoms with Crippen molar-refractivity contribution in [2.75, 3.05) is 18.2 Å². The van der Waals surface area contributed by atoms with Gasteiger partial charge < -0.3 is 15.0 Å². The van der Waals surface area contributed by atoms with E-state index >= 15 is 0 Å². The van der Waals surface area contributed by atoms with Crippen LogP contribution in [-0.2, 0) is 16.1 Å². The van der Waals surface area contributed by atoms with Gasteiger partial charge in [0.25, 0.3) is 0 Å². The molecular weight excluding hydrogens is 336 g/mol. The maximum absolute atomic E-state index is 12.3. The first-order valence-corrected chi connectivity index (χ1v) is 9.03. The number of ether oxygens (including phenoxy) is 1. The predicted octanol–water partition coefficient (Wildman–Crippen LogP) is 3.43. The zero-order valence-corrected chi connectivity index (χ0v) is 15.0. The topological polar surface area (TPSA) is 58.6 Å². The summed E-state index contributed by atoms with van der Waals surface area (Å²) in [7, 11) is 1.64. The molecule has 2 aromatic rings. The van der Waals surface area contributed by atoms with Crippen LogP contribution < -0.4 is 10.1 Å². The van der Waals surface area contributed by atoms with Crippen molar-refractivity contribution in [2.45, 2.75) is 18.8 Å². The molecule has 0 saturated carbocycles. The molecule has 2 aromatic carbocycles. The lowest BCUT2D eigenvalue weighted by Gasteiger charge is -2.24. The number of anilines is 1. The van der Waals surface area contributed by atoms with Gasteiger partial charge in [0.1, 0.15) is 11.1 Å². The van der Waals surface area contributed by atoms with E-state index in [9.17, 15) is 9.59 Å². The van der Waals surface area contributed by atoms with E-state index in [0.717, 1.165) is 22.6 Å². The number of methoxy groups -OCH3 is 1. The van der Waals surface area contributed by atoms with Gasteiger partial charge in [0.2, 0.25) is 11.8 Å².